The smallest absolute Gasteiger partial charge is 0.303 e. The number of carbonyl (C=O) groups excluding carboxylic acids is 1. The number of aliphatic hydroxyl groups is 5. The maximum absolute atomic E-state index is 12.0. The molecule has 0 aromatic carbocycles. The molecule has 218 valence electrons. The Kier molecular flexibility index (Phi) is 8.57. The minimum absolute atomic E-state index is 0.0451. The van der Waals surface area contributed by atoms with Gasteiger partial charge < -0.3 is 35.4 Å². The third kappa shape index (κ3) is 4.80. The quantitative estimate of drug-likeness (QED) is 0.252. The first-order chi connectivity index (χ1) is 17.8. The van der Waals surface area contributed by atoms with E-state index in [-0.39, 0.29) is 41.9 Å². The molecule has 0 spiro atoms. The Morgan fingerprint density at radius 1 is 0.974 bits per heavy atom. The molecule has 14 unspecified atom stereocenters. The van der Waals surface area contributed by atoms with Crippen LogP contribution in [0.2, 0.25) is 0 Å². The number of carboxylic acids is 1. The van der Waals surface area contributed by atoms with Crippen molar-refractivity contribution in [2.75, 3.05) is 6.61 Å². The van der Waals surface area contributed by atoms with E-state index in [4.69, 9.17) is 4.74 Å². The lowest BCUT2D eigenvalue weighted by Crippen LogP contribution is -2.66. The summed E-state index contributed by atoms with van der Waals surface area (Å²) in [5, 5.41) is 64.0. The molecule has 4 aliphatic carbocycles. The lowest BCUT2D eigenvalue weighted by atomic mass is 9.40. The van der Waals surface area contributed by atoms with Crippen molar-refractivity contribution in [1.82, 2.24) is 0 Å². The number of aliphatic hydroxyl groups excluding tert-OH is 5. The molecular formula is C29H48O9. The van der Waals surface area contributed by atoms with E-state index in [0.717, 1.165) is 12.8 Å². The first kappa shape index (κ1) is 29.7. The summed E-state index contributed by atoms with van der Waals surface area (Å²) < 4.78 is 5.61. The summed E-state index contributed by atoms with van der Waals surface area (Å²) in [7, 11) is 0. The van der Waals surface area contributed by atoms with Gasteiger partial charge >= 0.3 is 11.9 Å². The van der Waals surface area contributed by atoms with Crippen LogP contribution < -0.4 is 0 Å². The Bertz CT molecular complexity index is 880. The number of ether oxygens (including phenoxy) is 1. The molecule has 4 rings (SSSR count). The van der Waals surface area contributed by atoms with E-state index in [9.17, 15) is 40.2 Å². The van der Waals surface area contributed by atoms with Crippen LogP contribution in [0.5, 0.6) is 0 Å². The Hall–Kier alpha value is -1.26. The summed E-state index contributed by atoms with van der Waals surface area (Å²) >= 11 is 0. The molecule has 0 aliphatic heterocycles. The van der Waals surface area contributed by atoms with Crippen molar-refractivity contribution in [1.29, 1.82) is 0 Å². The van der Waals surface area contributed by atoms with Crippen LogP contribution in [0.1, 0.15) is 79.1 Å². The molecule has 0 bridgehead atoms. The summed E-state index contributed by atoms with van der Waals surface area (Å²) in [4.78, 5) is 23.3. The van der Waals surface area contributed by atoms with Gasteiger partial charge in [-0.3, -0.25) is 9.59 Å². The van der Waals surface area contributed by atoms with Crippen LogP contribution in [-0.2, 0) is 14.3 Å². The maximum Gasteiger partial charge on any atom is 0.303 e. The molecule has 0 amide bonds. The highest BCUT2D eigenvalue weighted by atomic mass is 16.6. The number of hydrogen-bond acceptors (Lipinski definition) is 8. The molecule has 4 fully saturated rings. The van der Waals surface area contributed by atoms with Gasteiger partial charge in [0.05, 0.1) is 24.9 Å². The van der Waals surface area contributed by atoms with E-state index in [2.05, 4.69) is 20.8 Å². The van der Waals surface area contributed by atoms with E-state index < -0.39 is 65.8 Å². The van der Waals surface area contributed by atoms with Gasteiger partial charge in [0.1, 0.15) is 12.2 Å². The molecule has 0 radical (unpaired) electrons. The Morgan fingerprint density at radius 2 is 1.66 bits per heavy atom. The van der Waals surface area contributed by atoms with Crippen molar-refractivity contribution in [3.05, 3.63) is 0 Å². The van der Waals surface area contributed by atoms with Gasteiger partial charge in [-0.2, -0.15) is 0 Å². The van der Waals surface area contributed by atoms with Gasteiger partial charge in [-0.15, -0.1) is 0 Å². The van der Waals surface area contributed by atoms with Crippen LogP contribution >= 0.6 is 0 Å². The van der Waals surface area contributed by atoms with Crippen molar-refractivity contribution in [3.8, 4) is 0 Å². The fraction of sp³-hybridized carbons (Fsp3) is 0.931. The van der Waals surface area contributed by atoms with Gasteiger partial charge in [0.15, 0.2) is 0 Å². The highest BCUT2D eigenvalue weighted by molar-refractivity contribution is 5.66. The third-order valence-electron chi connectivity index (χ3n) is 11.8. The van der Waals surface area contributed by atoms with E-state index >= 15 is 0 Å². The largest absolute Gasteiger partial charge is 0.481 e. The highest BCUT2D eigenvalue weighted by Crippen LogP contribution is 2.69. The van der Waals surface area contributed by atoms with Crippen LogP contribution in [0.4, 0.5) is 0 Å². The Balaban J connectivity index is 1.71. The molecule has 6 N–H and O–H groups in total. The molecule has 9 nitrogen and oxygen atoms in total. The molecule has 38 heavy (non-hydrogen) atoms. The van der Waals surface area contributed by atoms with E-state index in [1.165, 1.54) is 6.92 Å². The average molecular weight is 541 g/mol. The topological polar surface area (TPSA) is 165 Å². The third-order valence-corrected chi connectivity index (χ3v) is 11.8. The molecule has 0 aromatic rings. The van der Waals surface area contributed by atoms with Crippen LogP contribution in [0.25, 0.3) is 0 Å². The standard InChI is InChI=1S/C29H48O9/c1-14(5-8-25(36)37)18-6-7-19-26-20(12-24(35)29(18,19)4)28(3)16(10-22(26)33)9-17(32)11-21(28)27(23(34)13-30)38-15(2)31/h14,16-24,26-27,30,32-35H,5-13H2,1-4H3,(H,36,37). The monoisotopic (exact) mass is 540 g/mol. The number of rotatable bonds is 8. The molecule has 9 heteroatoms. The van der Waals surface area contributed by atoms with Gasteiger partial charge in [0.2, 0.25) is 0 Å². The number of carbonyl (C=O) groups is 2. The molecule has 14 atom stereocenters. The number of hydrogen-bond donors (Lipinski definition) is 6. The number of esters is 1. The zero-order chi connectivity index (χ0) is 28.2. The van der Waals surface area contributed by atoms with Gasteiger partial charge in [0, 0.05) is 19.3 Å². The van der Waals surface area contributed by atoms with Crippen molar-refractivity contribution in [3.63, 3.8) is 0 Å². The average Bonchev–Trinajstić information content (AvgIpc) is 3.20. The number of carboxylic acid groups (broad SMARTS) is 1. The summed E-state index contributed by atoms with van der Waals surface area (Å²) in [6.07, 6.45) is -0.185. The molecule has 0 aromatic heterocycles. The normalized spacial score (nSPS) is 46.7. The molecular weight excluding hydrogens is 492 g/mol. The summed E-state index contributed by atoms with van der Waals surface area (Å²) in [6, 6.07) is 0. The van der Waals surface area contributed by atoms with Crippen LogP contribution in [-0.4, -0.2) is 79.7 Å². The van der Waals surface area contributed by atoms with Gasteiger partial charge in [0.25, 0.3) is 0 Å². The first-order valence-electron chi connectivity index (χ1n) is 14.5. The summed E-state index contributed by atoms with van der Waals surface area (Å²) in [6.45, 7) is 6.99. The minimum atomic E-state index is -1.30. The first-order valence-corrected chi connectivity index (χ1v) is 14.5. The van der Waals surface area contributed by atoms with Crippen molar-refractivity contribution in [2.45, 2.75) is 110 Å². The van der Waals surface area contributed by atoms with Gasteiger partial charge in [-0.05, 0) is 91.3 Å². The van der Waals surface area contributed by atoms with Gasteiger partial charge in [-0.1, -0.05) is 20.8 Å². The Morgan fingerprint density at radius 3 is 2.26 bits per heavy atom. The lowest BCUT2D eigenvalue weighted by Gasteiger charge is -2.66. The van der Waals surface area contributed by atoms with Crippen LogP contribution in [0.15, 0.2) is 0 Å². The summed E-state index contributed by atoms with van der Waals surface area (Å²) in [5.41, 5.74) is -0.998. The zero-order valence-corrected chi connectivity index (χ0v) is 23.2. The summed E-state index contributed by atoms with van der Waals surface area (Å²) in [5.74, 6) is -1.85. The predicted octanol–water partition coefficient (Wildman–Crippen LogP) is 1.96. The second kappa shape index (κ2) is 11.0. The van der Waals surface area contributed by atoms with Gasteiger partial charge in [-0.25, -0.2) is 0 Å². The van der Waals surface area contributed by atoms with E-state index in [1.54, 1.807) is 0 Å². The van der Waals surface area contributed by atoms with Crippen molar-refractivity contribution in [2.24, 2.45) is 52.3 Å². The second-order valence-electron chi connectivity index (χ2n) is 13.4. The molecule has 4 aliphatic rings. The van der Waals surface area contributed by atoms with Crippen LogP contribution in [0.3, 0.4) is 0 Å². The number of aliphatic carboxylic acids is 1. The Labute approximate surface area is 225 Å². The van der Waals surface area contributed by atoms with Crippen LogP contribution in [0, 0.1) is 52.3 Å². The SMILES string of the molecule is CC(=O)OC(C(O)CO)C1CC(O)CC2CC(O)C3C4CCC(C(C)CCC(=O)O)C4(C)C(O)CC3C21C. The minimum Gasteiger partial charge on any atom is -0.481 e. The second-order valence-corrected chi connectivity index (χ2v) is 13.4. The van der Waals surface area contributed by atoms with E-state index in [1.807, 2.05) is 0 Å². The highest BCUT2D eigenvalue weighted by Gasteiger charge is 2.68. The number of fused-ring (bicyclic) bond motifs is 5. The fourth-order valence-corrected chi connectivity index (χ4v) is 10.1. The lowest BCUT2D eigenvalue weighted by molar-refractivity contribution is -0.242. The molecule has 0 heterocycles. The van der Waals surface area contributed by atoms with Crippen molar-refractivity contribution < 1.29 is 45.0 Å². The fourth-order valence-electron chi connectivity index (χ4n) is 10.1. The maximum atomic E-state index is 12.0. The van der Waals surface area contributed by atoms with E-state index in [0.29, 0.717) is 32.1 Å². The molecule has 0 saturated heterocycles. The van der Waals surface area contributed by atoms with Crippen molar-refractivity contribution >= 4 is 11.9 Å². The molecule has 4 saturated carbocycles. The predicted molar refractivity (Wildman–Crippen MR) is 138 cm³/mol. The zero-order valence-electron chi connectivity index (χ0n) is 23.2.